The molecule has 6 nitrogen and oxygen atoms in total. The van der Waals surface area contributed by atoms with Crippen molar-refractivity contribution in [3.63, 3.8) is 0 Å². The molecule has 3 rings (SSSR count). The summed E-state index contributed by atoms with van der Waals surface area (Å²) >= 11 is 0. The number of halogens is 1. The summed E-state index contributed by atoms with van der Waals surface area (Å²) in [5.74, 6) is 1.22. The molecule has 0 aliphatic carbocycles. The van der Waals surface area contributed by atoms with Crippen LogP contribution in [0.4, 0.5) is 15.9 Å². The van der Waals surface area contributed by atoms with Crippen LogP contribution >= 0.6 is 0 Å². The van der Waals surface area contributed by atoms with Crippen molar-refractivity contribution >= 4 is 17.4 Å². The van der Waals surface area contributed by atoms with Crippen LogP contribution in [0.2, 0.25) is 0 Å². The number of aromatic nitrogens is 1. The van der Waals surface area contributed by atoms with Gasteiger partial charge >= 0.3 is 0 Å². The van der Waals surface area contributed by atoms with Crippen LogP contribution in [0.1, 0.15) is 5.56 Å². The third kappa shape index (κ3) is 6.21. The molecular formula is C22H22FN3O3. The number of carbonyl (C=O) groups is 1. The fourth-order valence-electron chi connectivity index (χ4n) is 2.64. The van der Waals surface area contributed by atoms with Gasteiger partial charge in [0.25, 0.3) is 5.91 Å². The van der Waals surface area contributed by atoms with Gasteiger partial charge in [0.15, 0.2) is 18.1 Å². The molecule has 2 N–H and O–H groups in total. The molecule has 0 saturated heterocycles. The maximum atomic E-state index is 12.9. The van der Waals surface area contributed by atoms with E-state index in [1.54, 1.807) is 49.7 Å². The van der Waals surface area contributed by atoms with Gasteiger partial charge in [0.2, 0.25) is 0 Å². The molecule has 0 bridgehead atoms. The van der Waals surface area contributed by atoms with Crippen LogP contribution in [0.3, 0.4) is 0 Å². The first-order chi connectivity index (χ1) is 14.1. The second-order valence-corrected chi connectivity index (χ2v) is 6.22. The van der Waals surface area contributed by atoms with Gasteiger partial charge in [-0.25, -0.2) is 9.37 Å². The highest BCUT2D eigenvalue weighted by Gasteiger charge is 2.07. The van der Waals surface area contributed by atoms with Gasteiger partial charge in [0.1, 0.15) is 11.6 Å². The Bertz CT molecular complexity index is 931. The fourth-order valence-corrected chi connectivity index (χ4v) is 2.64. The number of nitrogens with one attached hydrogen (secondary N) is 2. The Kier molecular flexibility index (Phi) is 7.00. The molecule has 1 aromatic heterocycles. The van der Waals surface area contributed by atoms with Gasteiger partial charge < -0.3 is 20.1 Å². The van der Waals surface area contributed by atoms with Gasteiger partial charge in [-0.05, 0) is 48.4 Å². The molecule has 0 unspecified atom stereocenters. The first-order valence-electron chi connectivity index (χ1n) is 9.14. The molecule has 0 saturated carbocycles. The van der Waals surface area contributed by atoms with Crippen LogP contribution in [0.15, 0.2) is 66.9 Å². The number of anilines is 2. The third-order valence-electron chi connectivity index (χ3n) is 4.11. The summed E-state index contributed by atoms with van der Waals surface area (Å²) in [7, 11) is 1.54. The van der Waals surface area contributed by atoms with Crippen LogP contribution in [-0.4, -0.2) is 31.2 Å². The molecule has 2 aromatic carbocycles. The average Bonchev–Trinajstić information content (AvgIpc) is 2.75. The Labute approximate surface area is 168 Å². The summed E-state index contributed by atoms with van der Waals surface area (Å²) < 4.78 is 23.6. The third-order valence-corrected chi connectivity index (χ3v) is 4.11. The second-order valence-electron chi connectivity index (χ2n) is 6.22. The number of ether oxygens (including phenoxy) is 2. The number of benzene rings is 2. The summed E-state index contributed by atoms with van der Waals surface area (Å²) in [5.41, 5.74) is 1.61. The number of methoxy groups -OCH3 is 1. The predicted octanol–water partition coefficient (Wildman–Crippen LogP) is 3.90. The summed E-state index contributed by atoms with van der Waals surface area (Å²) in [6, 6.07) is 17.1. The lowest BCUT2D eigenvalue weighted by Crippen LogP contribution is -2.20. The van der Waals surface area contributed by atoms with Crippen LogP contribution in [0.5, 0.6) is 11.5 Å². The zero-order valence-electron chi connectivity index (χ0n) is 16.0. The van der Waals surface area contributed by atoms with Gasteiger partial charge in [0.05, 0.1) is 19.0 Å². The molecule has 0 atom stereocenters. The number of nitrogens with zero attached hydrogens (tertiary/aromatic N) is 1. The Morgan fingerprint density at radius 1 is 1.03 bits per heavy atom. The van der Waals surface area contributed by atoms with E-state index in [9.17, 15) is 9.18 Å². The summed E-state index contributed by atoms with van der Waals surface area (Å²) in [4.78, 5) is 16.4. The van der Waals surface area contributed by atoms with E-state index < -0.39 is 0 Å². The fraction of sp³-hybridized carbons (Fsp3) is 0.182. The number of pyridine rings is 1. The normalized spacial score (nSPS) is 10.3. The van der Waals surface area contributed by atoms with E-state index >= 15 is 0 Å². The number of carbonyl (C=O) groups excluding carboxylic acids is 1. The zero-order chi connectivity index (χ0) is 20.5. The summed E-state index contributed by atoms with van der Waals surface area (Å²) in [5, 5.41) is 5.92. The first-order valence-corrected chi connectivity index (χ1v) is 9.14. The van der Waals surface area contributed by atoms with E-state index in [4.69, 9.17) is 9.47 Å². The monoisotopic (exact) mass is 395 g/mol. The summed E-state index contributed by atoms with van der Waals surface area (Å²) in [6.07, 6.45) is 2.32. The molecule has 150 valence electrons. The molecule has 3 aromatic rings. The van der Waals surface area contributed by atoms with E-state index in [0.29, 0.717) is 29.5 Å². The number of amides is 1. The second kappa shape index (κ2) is 10.1. The topological polar surface area (TPSA) is 72.5 Å². The molecule has 0 fully saturated rings. The molecule has 0 aliphatic heterocycles. The van der Waals surface area contributed by atoms with E-state index in [0.717, 1.165) is 12.0 Å². The van der Waals surface area contributed by atoms with Gasteiger partial charge in [-0.2, -0.15) is 0 Å². The van der Waals surface area contributed by atoms with Crippen molar-refractivity contribution in [1.82, 2.24) is 4.98 Å². The molecule has 0 spiro atoms. The highest BCUT2D eigenvalue weighted by atomic mass is 19.1. The predicted molar refractivity (Wildman–Crippen MR) is 110 cm³/mol. The minimum atomic E-state index is -0.297. The lowest BCUT2D eigenvalue weighted by atomic mass is 10.1. The number of hydrogen-bond acceptors (Lipinski definition) is 5. The standard InChI is InChI=1S/C22H22FN3O3/c1-28-19-4-2-3-5-20(19)29-15-22(27)26-18-10-11-21(25-14-18)24-13-12-16-6-8-17(23)9-7-16/h2-11,14H,12-13,15H2,1H3,(H,24,25)(H,26,27). The Hall–Kier alpha value is -3.61. The van der Waals surface area contributed by atoms with Crippen molar-refractivity contribution in [3.05, 3.63) is 78.2 Å². The lowest BCUT2D eigenvalue weighted by Gasteiger charge is -2.11. The summed E-state index contributed by atoms with van der Waals surface area (Å²) in [6.45, 7) is 0.523. The molecule has 1 amide bonds. The van der Waals surface area contributed by atoms with Crippen molar-refractivity contribution in [1.29, 1.82) is 0 Å². The quantitative estimate of drug-likeness (QED) is 0.575. The van der Waals surface area contributed by atoms with Gasteiger partial charge in [-0.1, -0.05) is 24.3 Å². The molecular weight excluding hydrogens is 373 g/mol. The van der Waals surface area contributed by atoms with Crippen LogP contribution in [0.25, 0.3) is 0 Å². The highest BCUT2D eigenvalue weighted by Crippen LogP contribution is 2.25. The van der Waals surface area contributed by atoms with Gasteiger partial charge in [-0.15, -0.1) is 0 Å². The number of para-hydroxylation sites is 2. The van der Waals surface area contributed by atoms with Crippen molar-refractivity contribution in [2.75, 3.05) is 30.9 Å². The molecule has 1 heterocycles. The van der Waals surface area contributed by atoms with E-state index in [1.807, 2.05) is 12.1 Å². The van der Waals surface area contributed by atoms with Crippen LogP contribution < -0.4 is 20.1 Å². The van der Waals surface area contributed by atoms with Crippen molar-refractivity contribution in [2.45, 2.75) is 6.42 Å². The minimum absolute atomic E-state index is 0.141. The first kappa shape index (κ1) is 20.1. The van der Waals surface area contributed by atoms with E-state index in [2.05, 4.69) is 15.6 Å². The average molecular weight is 395 g/mol. The highest BCUT2D eigenvalue weighted by molar-refractivity contribution is 5.91. The molecule has 7 heteroatoms. The van der Waals surface area contributed by atoms with Crippen molar-refractivity contribution < 1.29 is 18.7 Å². The minimum Gasteiger partial charge on any atom is -0.493 e. The lowest BCUT2D eigenvalue weighted by molar-refractivity contribution is -0.118. The van der Waals surface area contributed by atoms with Crippen LogP contribution in [-0.2, 0) is 11.2 Å². The zero-order valence-corrected chi connectivity index (χ0v) is 16.0. The smallest absolute Gasteiger partial charge is 0.262 e. The molecule has 0 aliphatic rings. The van der Waals surface area contributed by atoms with Crippen molar-refractivity contribution in [2.24, 2.45) is 0 Å². The van der Waals surface area contributed by atoms with E-state index in [1.165, 1.54) is 12.1 Å². The Balaban J connectivity index is 1.43. The molecule has 0 radical (unpaired) electrons. The number of rotatable bonds is 9. The maximum absolute atomic E-state index is 12.9. The van der Waals surface area contributed by atoms with Gasteiger partial charge in [0, 0.05) is 6.54 Å². The number of hydrogen-bond donors (Lipinski definition) is 2. The van der Waals surface area contributed by atoms with E-state index in [-0.39, 0.29) is 18.3 Å². The van der Waals surface area contributed by atoms with Crippen molar-refractivity contribution in [3.8, 4) is 11.5 Å². The van der Waals surface area contributed by atoms with Gasteiger partial charge in [-0.3, -0.25) is 4.79 Å². The largest absolute Gasteiger partial charge is 0.493 e. The Morgan fingerprint density at radius 2 is 1.79 bits per heavy atom. The molecule has 29 heavy (non-hydrogen) atoms. The Morgan fingerprint density at radius 3 is 2.48 bits per heavy atom. The van der Waals surface area contributed by atoms with Crippen LogP contribution in [0, 0.1) is 5.82 Å². The maximum Gasteiger partial charge on any atom is 0.262 e. The SMILES string of the molecule is COc1ccccc1OCC(=O)Nc1ccc(NCCc2ccc(F)cc2)nc1.